The summed E-state index contributed by atoms with van der Waals surface area (Å²) in [5.41, 5.74) is 4.58. The molecule has 0 bridgehead atoms. The summed E-state index contributed by atoms with van der Waals surface area (Å²) in [5, 5.41) is 2.90. The molecule has 2 aromatic carbocycles. The Hall–Kier alpha value is -2.82. The zero-order valence-corrected chi connectivity index (χ0v) is 18.5. The third-order valence-corrected chi connectivity index (χ3v) is 4.92. The van der Waals surface area contributed by atoms with Gasteiger partial charge in [-0.15, -0.1) is 0 Å². The van der Waals surface area contributed by atoms with Crippen LogP contribution in [0.4, 0.5) is 11.4 Å². The molecule has 0 heterocycles. The fourth-order valence-corrected chi connectivity index (χ4v) is 3.42. The summed E-state index contributed by atoms with van der Waals surface area (Å²) in [6.07, 6.45) is 0. The zero-order valence-electron chi connectivity index (χ0n) is 18.5. The van der Waals surface area contributed by atoms with Crippen molar-refractivity contribution in [2.45, 2.75) is 53.4 Å². The Morgan fingerprint density at radius 2 is 1.62 bits per heavy atom. The number of anilines is 2. The van der Waals surface area contributed by atoms with Gasteiger partial charge < -0.3 is 15.0 Å². The van der Waals surface area contributed by atoms with E-state index in [-0.39, 0.29) is 30.2 Å². The molecule has 0 atom stereocenters. The Bertz CT molecular complexity index is 861. The third kappa shape index (κ3) is 5.37. The van der Waals surface area contributed by atoms with Crippen molar-refractivity contribution in [3.8, 4) is 5.75 Å². The molecule has 0 aliphatic carbocycles. The van der Waals surface area contributed by atoms with E-state index in [0.29, 0.717) is 11.4 Å². The number of nitrogens with one attached hydrogen (secondary N) is 1. The van der Waals surface area contributed by atoms with Crippen LogP contribution in [0.3, 0.4) is 0 Å². The van der Waals surface area contributed by atoms with Crippen molar-refractivity contribution in [1.29, 1.82) is 0 Å². The summed E-state index contributed by atoms with van der Waals surface area (Å²) in [7, 11) is 1.57. The molecule has 29 heavy (non-hydrogen) atoms. The van der Waals surface area contributed by atoms with Crippen LogP contribution < -0.4 is 15.0 Å². The molecule has 0 saturated carbocycles. The van der Waals surface area contributed by atoms with E-state index < -0.39 is 0 Å². The minimum atomic E-state index is -0.266. The summed E-state index contributed by atoms with van der Waals surface area (Å²) < 4.78 is 5.34. The van der Waals surface area contributed by atoms with Gasteiger partial charge in [0.1, 0.15) is 12.3 Å². The number of benzene rings is 2. The number of methoxy groups -OCH3 is 1. The van der Waals surface area contributed by atoms with Gasteiger partial charge in [-0.2, -0.15) is 0 Å². The predicted molar refractivity (Wildman–Crippen MR) is 119 cm³/mol. The fraction of sp³-hybridized carbons (Fsp3) is 0.417. The number of carbonyl (C=O) groups excluding carboxylic acids is 2. The van der Waals surface area contributed by atoms with Gasteiger partial charge in [0, 0.05) is 6.92 Å². The molecule has 5 heteroatoms. The molecular weight excluding hydrogens is 364 g/mol. The van der Waals surface area contributed by atoms with Gasteiger partial charge in [0.2, 0.25) is 11.8 Å². The average Bonchev–Trinajstić information content (AvgIpc) is 2.65. The Labute approximate surface area is 174 Å². The Morgan fingerprint density at radius 3 is 2.10 bits per heavy atom. The van der Waals surface area contributed by atoms with Gasteiger partial charge >= 0.3 is 0 Å². The Balaban J connectivity index is 2.41. The van der Waals surface area contributed by atoms with Gasteiger partial charge in [-0.1, -0.05) is 52.0 Å². The van der Waals surface area contributed by atoms with Gasteiger partial charge in [-0.05, 0) is 47.6 Å². The van der Waals surface area contributed by atoms with Gasteiger partial charge in [0.15, 0.2) is 0 Å². The highest BCUT2D eigenvalue weighted by Crippen LogP contribution is 2.35. The average molecular weight is 397 g/mol. The monoisotopic (exact) mass is 396 g/mol. The molecule has 0 radical (unpaired) electrons. The minimum Gasteiger partial charge on any atom is -0.495 e. The molecule has 2 aromatic rings. The lowest BCUT2D eigenvalue weighted by molar-refractivity contribution is -0.120. The van der Waals surface area contributed by atoms with Crippen molar-refractivity contribution in [3.63, 3.8) is 0 Å². The first-order chi connectivity index (χ1) is 13.6. The van der Waals surface area contributed by atoms with Crippen LogP contribution in [0.1, 0.15) is 63.1 Å². The molecule has 0 fully saturated rings. The van der Waals surface area contributed by atoms with E-state index in [2.05, 4.69) is 33.0 Å². The summed E-state index contributed by atoms with van der Waals surface area (Å²) in [5.74, 6) is 0.614. The van der Waals surface area contributed by atoms with E-state index in [1.54, 1.807) is 12.0 Å². The van der Waals surface area contributed by atoms with Gasteiger partial charge in [0.05, 0.1) is 18.5 Å². The van der Waals surface area contributed by atoms with Gasteiger partial charge in [-0.3, -0.25) is 9.59 Å². The zero-order chi connectivity index (χ0) is 21.7. The number of ether oxygens (including phenoxy) is 1. The largest absolute Gasteiger partial charge is 0.495 e. The van der Waals surface area contributed by atoms with Crippen LogP contribution in [0.25, 0.3) is 0 Å². The maximum Gasteiger partial charge on any atom is 0.244 e. The lowest BCUT2D eigenvalue weighted by atomic mass is 9.91. The molecule has 0 saturated heterocycles. The topological polar surface area (TPSA) is 58.6 Å². The lowest BCUT2D eigenvalue weighted by Gasteiger charge is -2.29. The SMILES string of the molecule is COc1ccc(C)cc1NC(=O)CN(C(C)=O)c1c(C(C)C)cccc1C(C)C. The molecule has 2 amide bonds. The Kier molecular flexibility index (Phi) is 7.43. The number of aryl methyl sites for hydroxylation is 1. The smallest absolute Gasteiger partial charge is 0.244 e. The van der Waals surface area contributed by atoms with Crippen molar-refractivity contribution in [3.05, 3.63) is 53.1 Å². The van der Waals surface area contributed by atoms with E-state index >= 15 is 0 Å². The van der Waals surface area contributed by atoms with Crippen LogP contribution in [0.5, 0.6) is 5.75 Å². The van der Waals surface area contributed by atoms with Crippen LogP contribution >= 0.6 is 0 Å². The van der Waals surface area contributed by atoms with Crippen molar-refractivity contribution in [2.24, 2.45) is 0 Å². The number of carbonyl (C=O) groups is 2. The van der Waals surface area contributed by atoms with Gasteiger partial charge in [0.25, 0.3) is 0 Å². The molecule has 2 rings (SSSR count). The molecular formula is C24H32N2O3. The maximum atomic E-state index is 12.9. The fourth-order valence-electron chi connectivity index (χ4n) is 3.42. The van der Waals surface area contributed by atoms with Crippen molar-refractivity contribution in [2.75, 3.05) is 23.9 Å². The highest BCUT2D eigenvalue weighted by molar-refractivity contribution is 6.03. The first-order valence-electron chi connectivity index (χ1n) is 10.0. The highest BCUT2D eigenvalue weighted by Gasteiger charge is 2.24. The van der Waals surface area contributed by atoms with Crippen LogP contribution in [0, 0.1) is 6.92 Å². The standard InChI is InChI=1S/C24H32N2O3/c1-15(2)19-9-8-10-20(16(3)4)24(19)26(18(6)27)14-23(28)25-21-13-17(5)11-12-22(21)29-7/h8-13,15-16H,14H2,1-7H3,(H,25,28). The van der Waals surface area contributed by atoms with Crippen molar-refractivity contribution >= 4 is 23.2 Å². The summed E-state index contributed by atoms with van der Waals surface area (Å²) in [4.78, 5) is 27.0. The predicted octanol–water partition coefficient (Wildman–Crippen LogP) is 5.24. The first-order valence-corrected chi connectivity index (χ1v) is 10.0. The normalized spacial score (nSPS) is 10.9. The first kappa shape index (κ1) is 22.5. The maximum absolute atomic E-state index is 12.9. The highest BCUT2D eigenvalue weighted by atomic mass is 16.5. The number of amides is 2. The number of hydrogen-bond donors (Lipinski definition) is 1. The quantitative estimate of drug-likeness (QED) is 0.696. The van der Waals surface area contributed by atoms with E-state index in [9.17, 15) is 9.59 Å². The van der Waals surface area contributed by atoms with Crippen molar-refractivity contribution < 1.29 is 14.3 Å². The Morgan fingerprint density at radius 1 is 1.03 bits per heavy atom. The van der Waals surface area contributed by atoms with Crippen LogP contribution in [-0.4, -0.2) is 25.5 Å². The van der Waals surface area contributed by atoms with Crippen molar-refractivity contribution in [1.82, 2.24) is 0 Å². The third-order valence-electron chi connectivity index (χ3n) is 4.92. The lowest BCUT2D eigenvalue weighted by Crippen LogP contribution is -2.38. The second kappa shape index (κ2) is 9.59. The summed E-state index contributed by atoms with van der Waals surface area (Å²) in [6.45, 7) is 11.8. The summed E-state index contributed by atoms with van der Waals surface area (Å²) in [6, 6.07) is 11.7. The number of nitrogens with zero attached hydrogens (tertiary/aromatic N) is 1. The van der Waals surface area contributed by atoms with Crippen LogP contribution in [0.15, 0.2) is 36.4 Å². The van der Waals surface area contributed by atoms with E-state index in [1.165, 1.54) is 6.92 Å². The molecule has 0 aromatic heterocycles. The van der Waals surface area contributed by atoms with E-state index in [1.807, 2.05) is 43.3 Å². The van der Waals surface area contributed by atoms with E-state index in [0.717, 1.165) is 22.4 Å². The second-order valence-electron chi connectivity index (χ2n) is 7.95. The molecule has 0 aliphatic heterocycles. The van der Waals surface area contributed by atoms with Crippen LogP contribution in [0.2, 0.25) is 0 Å². The number of rotatable bonds is 7. The number of hydrogen-bond acceptors (Lipinski definition) is 3. The molecule has 5 nitrogen and oxygen atoms in total. The number of para-hydroxylation sites is 1. The second-order valence-corrected chi connectivity index (χ2v) is 7.95. The summed E-state index contributed by atoms with van der Waals surface area (Å²) >= 11 is 0. The molecule has 0 aliphatic rings. The molecule has 156 valence electrons. The molecule has 0 unspecified atom stereocenters. The van der Waals surface area contributed by atoms with E-state index in [4.69, 9.17) is 4.74 Å². The molecule has 0 spiro atoms. The molecule has 1 N–H and O–H groups in total. The van der Waals surface area contributed by atoms with Gasteiger partial charge in [-0.25, -0.2) is 0 Å². The van der Waals surface area contributed by atoms with Crippen LogP contribution in [-0.2, 0) is 9.59 Å². The minimum absolute atomic E-state index is 0.0596.